The van der Waals surface area contributed by atoms with E-state index in [9.17, 15) is 8.42 Å². The SMILES string of the molecule is CS(=O)(=O)NC1COC2(CCN(Cc3nccs3)CC2)C1. The van der Waals surface area contributed by atoms with Crippen molar-refractivity contribution < 1.29 is 13.2 Å². The second kappa shape index (κ2) is 5.92. The number of likely N-dealkylation sites (tertiary alicyclic amines) is 1. The van der Waals surface area contributed by atoms with Crippen LogP contribution in [0.15, 0.2) is 11.6 Å². The molecule has 3 heterocycles. The van der Waals surface area contributed by atoms with Crippen LogP contribution in [0.2, 0.25) is 0 Å². The summed E-state index contributed by atoms with van der Waals surface area (Å²) in [7, 11) is -3.16. The Labute approximate surface area is 129 Å². The smallest absolute Gasteiger partial charge is 0.209 e. The van der Waals surface area contributed by atoms with Crippen molar-refractivity contribution in [3.63, 3.8) is 0 Å². The molecule has 2 saturated heterocycles. The van der Waals surface area contributed by atoms with E-state index in [0.717, 1.165) is 43.9 Å². The zero-order chi connectivity index (χ0) is 14.9. The number of ether oxygens (including phenoxy) is 1. The van der Waals surface area contributed by atoms with E-state index in [1.54, 1.807) is 11.3 Å². The van der Waals surface area contributed by atoms with Crippen LogP contribution in [0.25, 0.3) is 0 Å². The van der Waals surface area contributed by atoms with Crippen LogP contribution in [-0.2, 0) is 21.3 Å². The molecule has 0 radical (unpaired) electrons. The molecule has 3 rings (SSSR count). The fraction of sp³-hybridized carbons (Fsp3) is 0.769. The van der Waals surface area contributed by atoms with Gasteiger partial charge in [-0.15, -0.1) is 11.3 Å². The highest BCUT2D eigenvalue weighted by molar-refractivity contribution is 7.88. The summed E-state index contributed by atoms with van der Waals surface area (Å²) < 4.78 is 31.2. The van der Waals surface area contributed by atoms with Gasteiger partial charge in [-0.05, 0) is 19.3 Å². The summed E-state index contributed by atoms with van der Waals surface area (Å²) in [6.07, 6.45) is 5.74. The molecule has 0 bridgehead atoms. The van der Waals surface area contributed by atoms with Gasteiger partial charge in [0.05, 0.1) is 25.0 Å². The quantitative estimate of drug-likeness (QED) is 0.884. The van der Waals surface area contributed by atoms with Crippen molar-refractivity contribution in [2.24, 2.45) is 0 Å². The van der Waals surface area contributed by atoms with Crippen LogP contribution in [0.4, 0.5) is 0 Å². The van der Waals surface area contributed by atoms with E-state index in [1.807, 2.05) is 11.6 Å². The topological polar surface area (TPSA) is 71.5 Å². The molecule has 2 aliphatic rings. The van der Waals surface area contributed by atoms with Crippen LogP contribution < -0.4 is 4.72 Å². The molecule has 0 aliphatic carbocycles. The van der Waals surface area contributed by atoms with Gasteiger partial charge in [-0.3, -0.25) is 4.90 Å². The van der Waals surface area contributed by atoms with Crippen LogP contribution in [-0.4, -0.2) is 55.9 Å². The molecule has 1 aromatic heterocycles. The predicted octanol–water partition coefficient (Wildman–Crippen LogP) is 0.816. The summed E-state index contributed by atoms with van der Waals surface area (Å²) in [5.74, 6) is 0. The van der Waals surface area contributed by atoms with Gasteiger partial charge in [0, 0.05) is 30.7 Å². The molecule has 0 saturated carbocycles. The van der Waals surface area contributed by atoms with Crippen LogP contribution in [0.3, 0.4) is 0 Å². The van der Waals surface area contributed by atoms with Crippen LogP contribution in [0.5, 0.6) is 0 Å². The first-order chi connectivity index (χ1) is 9.94. The lowest BCUT2D eigenvalue weighted by Crippen LogP contribution is -2.44. The molecule has 8 heteroatoms. The summed E-state index contributed by atoms with van der Waals surface area (Å²) in [4.78, 5) is 6.71. The number of hydrogen-bond donors (Lipinski definition) is 1. The second-order valence-electron chi connectivity index (χ2n) is 5.99. The summed E-state index contributed by atoms with van der Waals surface area (Å²) >= 11 is 1.69. The highest BCUT2D eigenvalue weighted by Crippen LogP contribution is 2.36. The van der Waals surface area contributed by atoms with Crippen molar-refractivity contribution in [2.45, 2.75) is 37.5 Å². The zero-order valence-corrected chi connectivity index (χ0v) is 13.8. The van der Waals surface area contributed by atoms with E-state index in [-0.39, 0.29) is 11.6 Å². The molecule has 1 atom stereocenters. The van der Waals surface area contributed by atoms with Gasteiger partial charge in [0.15, 0.2) is 0 Å². The molecule has 1 spiro atoms. The minimum atomic E-state index is -3.16. The van der Waals surface area contributed by atoms with Gasteiger partial charge >= 0.3 is 0 Å². The summed E-state index contributed by atoms with van der Waals surface area (Å²) in [5, 5.41) is 3.15. The van der Waals surface area contributed by atoms with E-state index in [4.69, 9.17) is 4.74 Å². The van der Waals surface area contributed by atoms with Crippen molar-refractivity contribution in [3.05, 3.63) is 16.6 Å². The number of thiazole rings is 1. The van der Waals surface area contributed by atoms with Crippen molar-refractivity contribution in [3.8, 4) is 0 Å². The monoisotopic (exact) mass is 331 g/mol. The summed E-state index contributed by atoms with van der Waals surface area (Å²) in [6, 6.07) is -0.0782. The van der Waals surface area contributed by atoms with Crippen molar-refractivity contribution in [1.29, 1.82) is 0 Å². The van der Waals surface area contributed by atoms with Crippen LogP contribution in [0.1, 0.15) is 24.3 Å². The van der Waals surface area contributed by atoms with Crippen LogP contribution >= 0.6 is 11.3 Å². The Kier molecular flexibility index (Phi) is 4.33. The molecule has 6 nitrogen and oxygen atoms in total. The van der Waals surface area contributed by atoms with Crippen molar-refractivity contribution in [1.82, 2.24) is 14.6 Å². The highest BCUT2D eigenvalue weighted by Gasteiger charge is 2.43. The molecular formula is C13H21N3O3S2. The van der Waals surface area contributed by atoms with E-state index in [1.165, 1.54) is 6.26 Å². The Hall–Kier alpha value is -0.540. The lowest BCUT2D eigenvalue weighted by atomic mass is 9.87. The Morgan fingerprint density at radius 2 is 2.29 bits per heavy atom. The second-order valence-corrected chi connectivity index (χ2v) is 8.75. The predicted molar refractivity (Wildman–Crippen MR) is 81.7 cm³/mol. The molecule has 1 unspecified atom stereocenters. The van der Waals surface area contributed by atoms with Gasteiger partial charge < -0.3 is 4.74 Å². The van der Waals surface area contributed by atoms with Crippen LogP contribution in [0, 0.1) is 0 Å². The fourth-order valence-electron chi connectivity index (χ4n) is 3.21. The number of sulfonamides is 1. The Morgan fingerprint density at radius 1 is 1.52 bits per heavy atom. The summed E-state index contributed by atoms with van der Waals surface area (Å²) in [5.41, 5.74) is -0.137. The van der Waals surface area contributed by atoms with Crippen molar-refractivity contribution >= 4 is 21.4 Å². The number of hydrogen-bond acceptors (Lipinski definition) is 6. The average molecular weight is 331 g/mol. The third-order valence-electron chi connectivity index (χ3n) is 4.20. The Bertz CT molecular complexity index is 565. The fourth-order valence-corrected chi connectivity index (χ4v) is 4.63. The lowest BCUT2D eigenvalue weighted by molar-refractivity contribution is -0.0448. The maximum Gasteiger partial charge on any atom is 0.209 e. The zero-order valence-electron chi connectivity index (χ0n) is 12.1. The minimum absolute atomic E-state index is 0.0782. The lowest BCUT2D eigenvalue weighted by Gasteiger charge is -2.38. The first kappa shape index (κ1) is 15.4. The molecule has 2 aliphatic heterocycles. The van der Waals surface area contributed by atoms with Gasteiger partial charge in [-0.1, -0.05) is 0 Å². The van der Waals surface area contributed by atoms with Crippen molar-refractivity contribution in [2.75, 3.05) is 26.0 Å². The van der Waals surface area contributed by atoms with E-state index < -0.39 is 10.0 Å². The first-order valence-corrected chi connectivity index (χ1v) is 9.93. The van der Waals surface area contributed by atoms with E-state index in [2.05, 4.69) is 14.6 Å². The van der Waals surface area contributed by atoms with Gasteiger partial charge in [0.1, 0.15) is 5.01 Å². The summed E-state index contributed by atoms with van der Waals surface area (Å²) in [6.45, 7) is 3.34. The standard InChI is InChI=1S/C13H21N3O3S2/c1-21(17,18)15-11-8-13(19-10-11)2-5-16(6-3-13)9-12-14-4-7-20-12/h4,7,11,15H,2-3,5-6,8-10H2,1H3. The normalized spacial score (nSPS) is 26.4. The van der Waals surface area contributed by atoms with Gasteiger partial charge in [-0.25, -0.2) is 18.1 Å². The third kappa shape index (κ3) is 4.01. The highest BCUT2D eigenvalue weighted by atomic mass is 32.2. The number of piperidine rings is 1. The van der Waals surface area contributed by atoms with E-state index >= 15 is 0 Å². The number of aromatic nitrogens is 1. The minimum Gasteiger partial charge on any atom is -0.373 e. The molecular weight excluding hydrogens is 310 g/mol. The molecule has 0 aromatic carbocycles. The molecule has 0 amide bonds. The van der Waals surface area contributed by atoms with Gasteiger partial charge in [-0.2, -0.15) is 0 Å². The molecule has 21 heavy (non-hydrogen) atoms. The molecule has 2 fully saturated rings. The number of nitrogens with zero attached hydrogens (tertiary/aromatic N) is 2. The first-order valence-electron chi connectivity index (χ1n) is 7.16. The van der Waals surface area contributed by atoms with Gasteiger partial charge in [0.25, 0.3) is 0 Å². The maximum absolute atomic E-state index is 11.3. The Morgan fingerprint density at radius 3 is 2.90 bits per heavy atom. The number of nitrogens with one attached hydrogen (secondary N) is 1. The molecule has 1 aromatic rings. The Balaban J connectivity index is 1.51. The largest absolute Gasteiger partial charge is 0.373 e. The molecule has 1 N–H and O–H groups in total. The van der Waals surface area contributed by atoms with Gasteiger partial charge in [0.2, 0.25) is 10.0 Å². The molecule has 118 valence electrons. The maximum atomic E-state index is 11.3. The van der Waals surface area contributed by atoms with E-state index in [0.29, 0.717) is 6.61 Å². The average Bonchev–Trinajstić information content (AvgIpc) is 3.02. The number of rotatable bonds is 4. The third-order valence-corrected chi connectivity index (χ3v) is 5.73.